The van der Waals surface area contributed by atoms with Gasteiger partial charge in [-0.2, -0.15) is 0 Å². The van der Waals surface area contributed by atoms with Crippen molar-refractivity contribution in [1.29, 1.82) is 0 Å². The average Bonchev–Trinajstić information content (AvgIpc) is 2.69. The van der Waals surface area contributed by atoms with Gasteiger partial charge in [-0.15, -0.1) is 0 Å². The highest BCUT2D eigenvalue weighted by Gasteiger charge is 2.15. The van der Waals surface area contributed by atoms with E-state index in [-0.39, 0.29) is 17.2 Å². The van der Waals surface area contributed by atoms with Crippen molar-refractivity contribution in [2.75, 3.05) is 5.73 Å². The highest BCUT2D eigenvalue weighted by molar-refractivity contribution is 5.85. The molecule has 0 saturated carbocycles. The highest BCUT2D eigenvalue weighted by atomic mass is 16.6. The van der Waals surface area contributed by atoms with E-state index in [0.29, 0.717) is 33.4 Å². The SMILES string of the molecule is Cc1ncc(-c2ccc3nc(N)n(-c4ccccc4)c(=O)c3c2)cc1[N+](=O)[O-]. The molecule has 2 heterocycles. The minimum absolute atomic E-state index is 0.0743. The Bertz CT molecular complexity index is 1280. The summed E-state index contributed by atoms with van der Waals surface area (Å²) in [6.45, 7) is 1.58. The van der Waals surface area contributed by atoms with Gasteiger partial charge in [-0.25, -0.2) is 9.55 Å². The number of hydrogen-bond donors (Lipinski definition) is 1. The van der Waals surface area contributed by atoms with Crippen molar-refractivity contribution in [3.05, 3.63) is 87.0 Å². The van der Waals surface area contributed by atoms with Crippen LogP contribution in [0, 0.1) is 17.0 Å². The van der Waals surface area contributed by atoms with Crippen LogP contribution >= 0.6 is 0 Å². The fraction of sp³-hybridized carbons (Fsp3) is 0.0500. The van der Waals surface area contributed by atoms with Crippen molar-refractivity contribution in [1.82, 2.24) is 14.5 Å². The fourth-order valence-electron chi connectivity index (χ4n) is 3.07. The molecule has 0 radical (unpaired) electrons. The molecule has 0 bridgehead atoms. The lowest BCUT2D eigenvalue weighted by atomic mass is 10.0. The van der Waals surface area contributed by atoms with Crippen molar-refractivity contribution in [2.24, 2.45) is 0 Å². The maximum atomic E-state index is 13.1. The van der Waals surface area contributed by atoms with E-state index in [0.717, 1.165) is 0 Å². The summed E-state index contributed by atoms with van der Waals surface area (Å²) in [5.74, 6) is 0.0871. The zero-order valence-corrected chi connectivity index (χ0v) is 14.9. The molecule has 4 rings (SSSR count). The second-order valence-corrected chi connectivity index (χ2v) is 6.26. The second-order valence-electron chi connectivity index (χ2n) is 6.26. The van der Waals surface area contributed by atoms with Gasteiger partial charge < -0.3 is 5.73 Å². The summed E-state index contributed by atoms with van der Waals surface area (Å²) < 4.78 is 1.34. The average molecular weight is 373 g/mol. The first-order valence-electron chi connectivity index (χ1n) is 8.45. The number of anilines is 1. The lowest BCUT2D eigenvalue weighted by molar-refractivity contribution is -0.385. The number of nitrogen functional groups attached to an aromatic ring is 1. The van der Waals surface area contributed by atoms with E-state index in [1.807, 2.05) is 6.07 Å². The molecule has 0 atom stereocenters. The Labute approximate surface area is 159 Å². The first-order chi connectivity index (χ1) is 13.5. The number of aromatic nitrogens is 3. The van der Waals surface area contributed by atoms with Crippen LogP contribution in [0.25, 0.3) is 27.7 Å². The number of para-hydroxylation sites is 1. The number of nitrogens with zero attached hydrogens (tertiary/aromatic N) is 4. The molecule has 0 fully saturated rings. The molecule has 2 N–H and O–H groups in total. The number of nitrogens with two attached hydrogens (primary N) is 1. The molecule has 4 aromatic rings. The van der Waals surface area contributed by atoms with Crippen LogP contribution in [-0.4, -0.2) is 19.5 Å². The van der Waals surface area contributed by atoms with E-state index in [1.54, 1.807) is 55.6 Å². The van der Waals surface area contributed by atoms with Gasteiger partial charge in [0.2, 0.25) is 5.95 Å². The summed E-state index contributed by atoms with van der Waals surface area (Å²) in [6.07, 6.45) is 1.55. The molecule has 0 saturated heterocycles. The third-order valence-corrected chi connectivity index (χ3v) is 4.50. The molecule has 0 amide bonds. The molecule has 2 aromatic carbocycles. The van der Waals surface area contributed by atoms with E-state index in [1.165, 1.54) is 10.6 Å². The molecule has 8 nitrogen and oxygen atoms in total. The van der Waals surface area contributed by atoms with E-state index >= 15 is 0 Å². The Hall–Kier alpha value is -4.07. The minimum atomic E-state index is -0.475. The van der Waals surface area contributed by atoms with Crippen LogP contribution in [0.15, 0.2) is 65.6 Å². The lowest BCUT2D eigenvalue weighted by Crippen LogP contribution is -2.23. The summed E-state index contributed by atoms with van der Waals surface area (Å²) in [5.41, 5.74) is 8.18. The molecule has 28 heavy (non-hydrogen) atoms. The number of aryl methyl sites for hydroxylation is 1. The summed E-state index contributed by atoms with van der Waals surface area (Å²) in [7, 11) is 0. The first-order valence-corrected chi connectivity index (χ1v) is 8.45. The maximum Gasteiger partial charge on any atom is 0.291 e. The Morgan fingerprint density at radius 1 is 1.07 bits per heavy atom. The van der Waals surface area contributed by atoms with Gasteiger partial charge in [0, 0.05) is 17.8 Å². The van der Waals surface area contributed by atoms with Crippen molar-refractivity contribution in [3.8, 4) is 16.8 Å². The lowest BCUT2D eigenvalue weighted by Gasteiger charge is -2.11. The van der Waals surface area contributed by atoms with Crippen molar-refractivity contribution < 1.29 is 4.92 Å². The van der Waals surface area contributed by atoms with Crippen LogP contribution in [0.5, 0.6) is 0 Å². The first kappa shape index (κ1) is 17.3. The molecular weight excluding hydrogens is 358 g/mol. The van der Waals surface area contributed by atoms with Gasteiger partial charge in [0.05, 0.1) is 21.5 Å². The van der Waals surface area contributed by atoms with E-state index in [9.17, 15) is 14.9 Å². The van der Waals surface area contributed by atoms with E-state index < -0.39 is 4.92 Å². The number of pyridine rings is 1. The molecule has 8 heteroatoms. The molecule has 0 aliphatic rings. The van der Waals surface area contributed by atoms with Crippen LogP contribution in [0.4, 0.5) is 11.6 Å². The minimum Gasteiger partial charge on any atom is -0.369 e. The Morgan fingerprint density at radius 3 is 2.54 bits per heavy atom. The zero-order chi connectivity index (χ0) is 19.8. The van der Waals surface area contributed by atoms with Gasteiger partial charge in [0.15, 0.2) is 0 Å². The molecule has 0 aliphatic heterocycles. The molecule has 138 valence electrons. The third-order valence-electron chi connectivity index (χ3n) is 4.50. The maximum absolute atomic E-state index is 13.1. The second kappa shape index (κ2) is 6.58. The molecule has 0 aliphatic carbocycles. The summed E-state index contributed by atoms with van der Waals surface area (Å²) >= 11 is 0. The van der Waals surface area contributed by atoms with Crippen LogP contribution < -0.4 is 11.3 Å². The quantitative estimate of drug-likeness (QED) is 0.435. The Kier molecular flexibility index (Phi) is 4.08. The van der Waals surface area contributed by atoms with Crippen molar-refractivity contribution >= 4 is 22.5 Å². The van der Waals surface area contributed by atoms with E-state index in [2.05, 4.69) is 9.97 Å². The summed E-state index contributed by atoms with van der Waals surface area (Å²) in [6, 6.07) is 15.5. The molecule has 2 aromatic heterocycles. The van der Waals surface area contributed by atoms with Gasteiger partial charge in [0.1, 0.15) is 5.69 Å². The highest BCUT2D eigenvalue weighted by Crippen LogP contribution is 2.27. The van der Waals surface area contributed by atoms with Crippen LogP contribution in [-0.2, 0) is 0 Å². The van der Waals surface area contributed by atoms with Gasteiger partial charge in [-0.05, 0) is 36.8 Å². The van der Waals surface area contributed by atoms with Crippen molar-refractivity contribution in [2.45, 2.75) is 6.92 Å². The van der Waals surface area contributed by atoms with Gasteiger partial charge in [-0.1, -0.05) is 24.3 Å². The molecule has 0 spiro atoms. The van der Waals surface area contributed by atoms with E-state index in [4.69, 9.17) is 5.73 Å². The van der Waals surface area contributed by atoms with Crippen LogP contribution in [0.3, 0.4) is 0 Å². The summed E-state index contributed by atoms with van der Waals surface area (Å²) in [5, 5.41) is 11.6. The predicted molar refractivity (Wildman–Crippen MR) is 106 cm³/mol. The fourth-order valence-corrected chi connectivity index (χ4v) is 3.07. The smallest absolute Gasteiger partial charge is 0.291 e. The van der Waals surface area contributed by atoms with Gasteiger partial charge >= 0.3 is 0 Å². The monoisotopic (exact) mass is 373 g/mol. The molecule has 0 unspecified atom stereocenters. The summed E-state index contributed by atoms with van der Waals surface area (Å²) in [4.78, 5) is 32.2. The van der Waals surface area contributed by atoms with Gasteiger partial charge in [0.25, 0.3) is 11.2 Å². The zero-order valence-electron chi connectivity index (χ0n) is 14.9. The topological polar surface area (TPSA) is 117 Å². The number of fused-ring (bicyclic) bond motifs is 1. The largest absolute Gasteiger partial charge is 0.369 e. The van der Waals surface area contributed by atoms with Gasteiger partial charge in [-0.3, -0.25) is 19.9 Å². The standard InChI is InChI=1S/C20H15N5O3/c1-12-18(25(27)28)10-14(11-22-12)13-7-8-17-16(9-13)19(26)24(20(21)23-17)15-5-3-2-4-6-15/h2-11H,1H3,(H2,21,23). The van der Waals surface area contributed by atoms with Crippen LogP contribution in [0.1, 0.15) is 5.69 Å². The normalized spacial score (nSPS) is 10.9. The number of hydrogen-bond acceptors (Lipinski definition) is 6. The van der Waals surface area contributed by atoms with Crippen molar-refractivity contribution in [3.63, 3.8) is 0 Å². The van der Waals surface area contributed by atoms with Crippen LogP contribution in [0.2, 0.25) is 0 Å². The predicted octanol–water partition coefficient (Wildman–Crippen LogP) is 3.25. The third kappa shape index (κ3) is 2.86. The number of benzene rings is 2. The molecular formula is C20H15N5O3. The Balaban J connectivity index is 1.94. The number of rotatable bonds is 3. The Morgan fingerprint density at radius 2 is 1.82 bits per heavy atom. The number of nitro groups is 1.